The van der Waals surface area contributed by atoms with Gasteiger partial charge in [-0.3, -0.25) is 4.99 Å². The number of nitrogens with zero attached hydrogens (tertiary/aromatic N) is 1. The van der Waals surface area contributed by atoms with Crippen LogP contribution in [0.15, 0.2) is 29.3 Å². The Balaban J connectivity index is 4.13. The van der Waals surface area contributed by atoms with Crippen LogP contribution in [0.25, 0.3) is 0 Å². The third-order valence-electron chi connectivity index (χ3n) is 1.54. The number of rotatable bonds is 4. The molecule has 0 aromatic heterocycles. The molecule has 0 fully saturated rings. The smallest absolute Gasteiger partial charge is 0.0581 e. The molecule has 0 bridgehead atoms. The Hall–Kier alpha value is -0.850. The van der Waals surface area contributed by atoms with Gasteiger partial charge in [-0.25, -0.2) is 0 Å². The quantitative estimate of drug-likeness (QED) is 0.432. The average molecular weight is 151 g/mol. The van der Waals surface area contributed by atoms with Crippen molar-refractivity contribution in [2.45, 2.75) is 32.7 Å². The van der Waals surface area contributed by atoms with E-state index in [9.17, 15) is 0 Å². The third kappa shape index (κ3) is 4.54. The van der Waals surface area contributed by atoms with Gasteiger partial charge in [0, 0.05) is 0 Å². The predicted molar refractivity (Wildman–Crippen MR) is 52.2 cm³/mol. The maximum Gasteiger partial charge on any atom is 0.0581 e. The van der Waals surface area contributed by atoms with Gasteiger partial charge in [0.1, 0.15) is 0 Å². The largest absolute Gasteiger partial charge is 0.295 e. The maximum absolute atomic E-state index is 4.02. The molecule has 0 aromatic carbocycles. The first-order chi connectivity index (χ1) is 5.02. The first-order valence-electron chi connectivity index (χ1n) is 3.78. The van der Waals surface area contributed by atoms with Gasteiger partial charge in [-0.05, 0) is 33.9 Å². The van der Waals surface area contributed by atoms with Crippen LogP contribution in [0.3, 0.4) is 0 Å². The molecule has 0 N–H and O–H groups in total. The molecule has 0 rings (SSSR count). The van der Waals surface area contributed by atoms with Gasteiger partial charge in [-0.2, -0.15) is 0 Å². The molecule has 0 saturated heterocycles. The molecule has 0 aliphatic rings. The molecule has 1 heteroatoms. The minimum absolute atomic E-state index is 0.0381. The normalized spacial score (nSPS) is 12.8. The van der Waals surface area contributed by atoms with Crippen LogP contribution in [0.4, 0.5) is 0 Å². The van der Waals surface area contributed by atoms with Crippen molar-refractivity contribution in [1.29, 1.82) is 0 Å². The molecule has 0 aliphatic carbocycles. The number of hydrogen-bond acceptors (Lipinski definition) is 1. The Kier molecular flexibility index (Phi) is 3.80. The molecule has 62 valence electrons. The summed E-state index contributed by atoms with van der Waals surface area (Å²) in [5.74, 6) is 0. The maximum atomic E-state index is 4.02. The van der Waals surface area contributed by atoms with Crippen molar-refractivity contribution in [2.24, 2.45) is 4.99 Å². The Labute approximate surface area is 69.5 Å². The lowest BCUT2D eigenvalue weighted by Crippen LogP contribution is -2.15. The first kappa shape index (κ1) is 10.2. The molecule has 0 spiro atoms. The summed E-state index contributed by atoms with van der Waals surface area (Å²) in [5, 5.41) is 0. The van der Waals surface area contributed by atoms with Gasteiger partial charge >= 0.3 is 0 Å². The van der Waals surface area contributed by atoms with E-state index in [1.54, 1.807) is 6.08 Å². The van der Waals surface area contributed by atoms with E-state index in [2.05, 4.69) is 39.1 Å². The molecule has 0 amide bonds. The molecule has 0 radical (unpaired) electrons. The molecule has 0 aliphatic heterocycles. The SMILES string of the molecule is C=C/C=C(\C)CC(C)(C)N=C. The van der Waals surface area contributed by atoms with Crippen molar-refractivity contribution >= 4 is 6.72 Å². The van der Waals surface area contributed by atoms with Gasteiger partial charge in [0.25, 0.3) is 0 Å². The van der Waals surface area contributed by atoms with Gasteiger partial charge in [0.2, 0.25) is 0 Å². The molecule has 0 aromatic rings. The highest BCUT2D eigenvalue weighted by atomic mass is 14.8. The van der Waals surface area contributed by atoms with Crippen LogP contribution in [0.1, 0.15) is 27.2 Å². The van der Waals surface area contributed by atoms with Crippen LogP contribution >= 0.6 is 0 Å². The number of aliphatic imine (C=N–C) groups is 1. The zero-order valence-electron chi connectivity index (χ0n) is 7.72. The van der Waals surface area contributed by atoms with Crippen molar-refractivity contribution in [2.75, 3.05) is 0 Å². The number of allylic oxidation sites excluding steroid dienone is 2. The monoisotopic (exact) mass is 151 g/mol. The van der Waals surface area contributed by atoms with E-state index in [0.717, 1.165) is 6.42 Å². The topological polar surface area (TPSA) is 12.4 Å². The lowest BCUT2D eigenvalue weighted by atomic mass is 9.96. The van der Waals surface area contributed by atoms with E-state index in [1.165, 1.54) is 5.57 Å². The van der Waals surface area contributed by atoms with Gasteiger partial charge < -0.3 is 0 Å². The Morgan fingerprint density at radius 1 is 1.55 bits per heavy atom. The van der Waals surface area contributed by atoms with Crippen LogP contribution in [-0.2, 0) is 0 Å². The molecular formula is C10H17N. The van der Waals surface area contributed by atoms with Crippen molar-refractivity contribution in [1.82, 2.24) is 0 Å². The lowest BCUT2D eigenvalue weighted by molar-refractivity contribution is 0.522. The van der Waals surface area contributed by atoms with E-state index in [0.29, 0.717) is 0 Å². The average Bonchev–Trinajstić information content (AvgIpc) is 1.87. The Morgan fingerprint density at radius 3 is 2.45 bits per heavy atom. The summed E-state index contributed by atoms with van der Waals surface area (Å²) in [6.07, 6.45) is 4.75. The zero-order chi connectivity index (χ0) is 8.91. The molecule has 11 heavy (non-hydrogen) atoms. The Bertz CT molecular complexity index is 175. The fraction of sp³-hybridized carbons (Fsp3) is 0.500. The number of hydrogen-bond donors (Lipinski definition) is 0. The standard InChI is InChI=1S/C10H17N/c1-6-7-9(2)8-10(3,4)11-5/h6-7H,1,5,8H2,2-4H3/b9-7+. The highest BCUT2D eigenvalue weighted by Gasteiger charge is 2.13. The zero-order valence-corrected chi connectivity index (χ0v) is 7.72. The van der Waals surface area contributed by atoms with Crippen LogP contribution < -0.4 is 0 Å². The van der Waals surface area contributed by atoms with Gasteiger partial charge in [-0.1, -0.05) is 24.3 Å². The minimum Gasteiger partial charge on any atom is -0.295 e. The van der Waals surface area contributed by atoms with E-state index in [1.807, 2.05) is 6.08 Å². The van der Waals surface area contributed by atoms with Crippen molar-refractivity contribution < 1.29 is 0 Å². The second-order valence-electron chi connectivity index (χ2n) is 3.40. The van der Waals surface area contributed by atoms with Crippen molar-refractivity contribution in [3.8, 4) is 0 Å². The fourth-order valence-electron chi connectivity index (χ4n) is 0.998. The van der Waals surface area contributed by atoms with Crippen LogP contribution in [0.2, 0.25) is 0 Å². The van der Waals surface area contributed by atoms with E-state index >= 15 is 0 Å². The second-order valence-corrected chi connectivity index (χ2v) is 3.40. The summed E-state index contributed by atoms with van der Waals surface area (Å²) in [4.78, 5) is 4.02. The van der Waals surface area contributed by atoms with Crippen LogP contribution in [0.5, 0.6) is 0 Å². The molecule has 0 saturated carbocycles. The van der Waals surface area contributed by atoms with E-state index in [-0.39, 0.29) is 5.54 Å². The highest BCUT2D eigenvalue weighted by molar-refractivity contribution is 5.26. The third-order valence-corrected chi connectivity index (χ3v) is 1.54. The van der Waals surface area contributed by atoms with Crippen LogP contribution in [0, 0.1) is 0 Å². The summed E-state index contributed by atoms with van der Waals surface area (Å²) in [7, 11) is 0. The van der Waals surface area contributed by atoms with Crippen molar-refractivity contribution in [3.05, 3.63) is 24.3 Å². The van der Waals surface area contributed by atoms with Gasteiger partial charge in [-0.15, -0.1) is 0 Å². The molecule has 0 atom stereocenters. The predicted octanol–water partition coefficient (Wildman–Crippen LogP) is 2.99. The second kappa shape index (κ2) is 4.12. The molecule has 1 nitrogen and oxygen atoms in total. The van der Waals surface area contributed by atoms with E-state index in [4.69, 9.17) is 0 Å². The van der Waals surface area contributed by atoms with Gasteiger partial charge in [0.15, 0.2) is 0 Å². The Morgan fingerprint density at radius 2 is 2.09 bits per heavy atom. The minimum atomic E-state index is -0.0381. The summed E-state index contributed by atoms with van der Waals surface area (Å²) in [6, 6.07) is 0. The molecule has 0 unspecified atom stereocenters. The van der Waals surface area contributed by atoms with E-state index < -0.39 is 0 Å². The molecular weight excluding hydrogens is 134 g/mol. The van der Waals surface area contributed by atoms with Crippen LogP contribution in [-0.4, -0.2) is 12.3 Å². The summed E-state index contributed by atoms with van der Waals surface area (Å²) < 4.78 is 0. The summed E-state index contributed by atoms with van der Waals surface area (Å²) in [6.45, 7) is 13.4. The first-order valence-corrected chi connectivity index (χ1v) is 3.78. The van der Waals surface area contributed by atoms with Gasteiger partial charge in [0.05, 0.1) is 5.54 Å². The highest BCUT2D eigenvalue weighted by Crippen LogP contribution is 2.18. The lowest BCUT2D eigenvalue weighted by Gasteiger charge is -2.18. The summed E-state index contributed by atoms with van der Waals surface area (Å²) >= 11 is 0. The van der Waals surface area contributed by atoms with Crippen molar-refractivity contribution in [3.63, 3.8) is 0 Å². The molecule has 0 heterocycles. The fourth-order valence-corrected chi connectivity index (χ4v) is 0.998. The summed E-state index contributed by atoms with van der Waals surface area (Å²) in [5.41, 5.74) is 1.25.